The molecule has 3 aromatic rings. The lowest BCUT2D eigenvalue weighted by Crippen LogP contribution is -2.52. The molecule has 0 spiro atoms. The van der Waals surface area contributed by atoms with Crippen LogP contribution < -0.4 is 15.0 Å². The van der Waals surface area contributed by atoms with Gasteiger partial charge in [-0.1, -0.05) is 18.2 Å². The number of guanidine groups is 1. The molecule has 8 heteroatoms. The smallest absolute Gasteiger partial charge is 0.224 e. The van der Waals surface area contributed by atoms with Gasteiger partial charge in [-0.25, -0.2) is 19.4 Å². The standard InChI is InChI=1S/C24H27FN6O/c1-2-26-24(31-15-13-30(14-16-31)22-10-3-4-11-27-22)29-18-19-7-6-12-28-23(19)32-21-9-5-8-20(25)17-21/h3-12,17H,2,13-16,18H2,1H3,(H,26,29). The maximum Gasteiger partial charge on any atom is 0.224 e. The third-order valence-electron chi connectivity index (χ3n) is 5.15. The predicted molar refractivity (Wildman–Crippen MR) is 124 cm³/mol. The van der Waals surface area contributed by atoms with Crippen molar-refractivity contribution in [1.29, 1.82) is 0 Å². The van der Waals surface area contributed by atoms with Crippen LogP contribution in [0, 0.1) is 5.82 Å². The van der Waals surface area contributed by atoms with Crippen molar-refractivity contribution in [2.75, 3.05) is 37.6 Å². The molecule has 1 N–H and O–H groups in total. The lowest BCUT2D eigenvalue weighted by molar-refractivity contribution is 0.371. The maximum absolute atomic E-state index is 13.5. The molecule has 0 unspecified atom stereocenters. The first-order chi connectivity index (χ1) is 15.7. The number of anilines is 1. The largest absolute Gasteiger partial charge is 0.439 e. The zero-order valence-electron chi connectivity index (χ0n) is 18.1. The van der Waals surface area contributed by atoms with E-state index in [1.807, 2.05) is 36.5 Å². The molecule has 166 valence electrons. The van der Waals surface area contributed by atoms with Crippen molar-refractivity contribution < 1.29 is 9.13 Å². The average molecular weight is 435 g/mol. The number of aliphatic imine (C=N–C) groups is 1. The van der Waals surface area contributed by atoms with E-state index >= 15 is 0 Å². The van der Waals surface area contributed by atoms with Crippen molar-refractivity contribution in [3.05, 3.63) is 78.4 Å². The van der Waals surface area contributed by atoms with Gasteiger partial charge in [-0.3, -0.25) is 0 Å². The molecule has 0 bridgehead atoms. The molecule has 4 rings (SSSR count). The zero-order chi connectivity index (χ0) is 22.2. The Morgan fingerprint density at radius 2 is 1.88 bits per heavy atom. The van der Waals surface area contributed by atoms with Crippen LogP contribution in [0.3, 0.4) is 0 Å². The molecule has 1 aliphatic rings. The maximum atomic E-state index is 13.5. The first-order valence-electron chi connectivity index (χ1n) is 10.8. The van der Waals surface area contributed by atoms with E-state index in [0.29, 0.717) is 18.2 Å². The van der Waals surface area contributed by atoms with Crippen LogP contribution in [-0.2, 0) is 6.54 Å². The highest BCUT2D eigenvalue weighted by Crippen LogP contribution is 2.24. The van der Waals surface area contributed by atoms with Crippen molar-refractivity contribution in [2.45, 2.75) is 13.5 Å². The van der Waals surface area contributed by atoms with Gasteiger partial charge in [0, 0.05) is 56.7 Å². The highest BCUT2D eigenvalue weighted by atomic mass is 19.1. The third-order valence-corrected chi connectivity index (χ3v) is 5.15. The Balaban J connectivity index is 1.44. The number of benzene rings is 1. The summed E-state index contributed by atoms with van der Waals surface area (Å²) in [6, 6.07) is 15.8. The van der Waals surface area contributed by atoms with Gasteiger partial charge in [0.25, 0.3) is 0 Å². The van der Waals surface area contributed by atoms with Gasteiger partial charge < -0.3 is 19.9 Å². The van der Waals surface area contributed by atoms with Crippen molar-refractivity contribution in [3.63, 3.8) is 0 Å². The zero-order valence-corrected chi connectivity index (χ0v) is 18.1. The molecule has 1 aromatic carbocycles. The Labute approximate surface area is 187 Å². The van der Waals surface area contributed by atoms with E-state index in [2.05, 4.69) is 32.0 Å². The number of aromatic nitrogens is 2. The Kier molecular flexibility index (Phi) is 7.12. The Hall–Kier alpha value is -3.68. The third kappa shape index (κ3) is 5.51. The van der Waals surface area contributed by atoms with Gasteiger partial charge in [-0.2, -0.15) is 0 Å². The first-order valence-corrected chi connectivity index (χ1v) is 10.8. The van der Waals surface area contributed by atoms with Crippen LogP contribution >= 0.6 is 0 Å². The molecule has 0 radical (unpaired) electrons. The number of hydrogen-bond acceptors (Lipinski definition) is 5. The summed E-state index contributed by atoms with van der Waals surface area (Å²) in [6.45, 7) is 6.69. The van der Waals surface area contributed by atoms with Gasteiger partial charge in [0.1, 0.15) is 17.4 Å². The van der Waals surface area contributed by atoms with Crippen LogP contribution in [0.1, 0.15) is 12.5 Å². The second-order valence-electron chi connectivity index (χ2n) is 7.36. The molecule has 0 aliphatic carbocycles. The number of halogens is 1. The fraction of sp³-hybridized carbons (Fsp3) is 0.292. The van der Waals surface area contributed by atoms with Gasteiger partial charge in [0.15, 0.2) is 5.96 Å². The monoisotopic (exact) mass is 434 g/mol. The molecule has 2 aromatic heterocycles. The highest BCUT2D eigenvalue weighted by Gasteiger charge is 2.20. The van der Waals surface area contributed by atoms with Crippen molar-refractivity contribution in [1.82, 2.24) is 20.2 Å². The number of nitrogens with zero attached hydrogens (tertiary/aromatic N) is 5. The molecule has 1 fully saturated rings. The molecule has 3 heterocycles. The van der Waals surface area contributed by atoms with E-state index in [-0.39, 0.29) is 5.82 Å². The highest BCUT2D eigenvalue weighted by molar-refractivity contribution is 5.80. The molecular formula is C24H27FN6O. The lowest BCUT2D eigenvalue weighted by atomic mass is 10.2. The fourth-order valence-electron chi connectivity index (χ4n) is 3.55. The van der Waals surface area contributed by atoms with Crippen LogP contribution in [0.2, 0.25) is 0 Å². The quantitative estimate of drug-likeness (QED) is 0.472. The summed E-state index contributed by atoms with van der Waals surface area (Å²) in [7, 11) is 0. The van der Waals surface area contributed by atoms with E-state index in [1.165, 1.54) is 12.1 Å². The van der Waals surface area contributed by atoms with Crippen molar-refractivity contribution in [3.8, 4) is 11.6 Å². The average Bonchev–Trinajstić information content (AvgIpc) is 2.83. The molecule has 7 nitrogen and oxygen atoms in total. The molecule has 0 atom stereocenters. The Morgan fingerprint density at radius 1 is 1.03 bits per heavy atom. The van der Waals surface area contributed by atoms with Crippen LogP contribution in [0.5, 0.6) is 11.6 Å². The Bertz CT molecular complexity index is 1040. The second kappa shape index (κ2) is 10.6. The molecule has 1 saturated heterocycles. The van der Waals surface area contributed by atoms with Crippen LogP contribution in [-0.4, -0.2) is 53.6 Å². The van der Waals surface area contributed by atoms with E-state index < -0.39 is 0 Å². The van der Waals surface area contributed by atoms with E-state index in [9.17, 15) is 4.39 Å². The van der Waals surface area contributed by atoms with Gasteiger partial charge in [-0.15, -0.1) is 0 Å². The molecule has 1 aliphatic heterocycles. The summed E-state index contributed by atoms with van der Waals surface area (Å²) in [5.74, 6) is 2.35. The SMILES string of the molecule is CCNC(=NCc1cccnc1Oc1cccc(F)c1)N1CCN(c2ccccn2)CC1. The summed E-state index contributed by atoms with van der Waals surface area (Å²) < 4.78 is 19.3. The summed E-state index contributed by atoms with van der Waals surface area (Å²) >= 11 is 0. The van der Waals surface area contributed by atoms with Gasteiger partial charge >= 0.3 is 0 Å². The number of pyridine rings is 2. The number of rotatable bonds is 6. The number of nitrogens with one attached hydrogen (secondary N) is 1. The topological polar surface area (TPSA) is 65.9 Å². The lowest BCUT2D eigenvalue weighted by Gasteiger charge is -2.37. The summed E-state index contributed by atoms with van der Waals surface area (Å²) in [5, 5.41) is 3.38. The van der Waals surface area contributed by atoms with E-state index in [1.54, 1.807) is 18.3 Å². The van der Waals surface area contributed by atoms with Gasteiger partial charge in [0.05, 0.1) is 6.54 Å². The first kappa shape index (κ1) is 21.5. The molecule has 0 amide bonds. The molecular weight excluding hydrogens is 407 g/mol. The normalized spacial score (nSPS) is 14.4. The Morgan fingerprint density at radius 3 is 2.62 bits per heavy atom. The summed E-state index contributed by atoms with van der Waals surface area (Å²) in [6.07, 6.45) is 3.48. The molecule has 32 heavy (non-hydrogen) atoms. The van der Waals surface area contributed by atoms with Crippen molar-refractivity contribution >= 4 is 11.8 Å². The number of hydrogen-bond donors (Lipinski definition) is 1. The van der Waals surface area contributed by atoms with E-state index in [0.717, 1.165) is 50.1 Å². The summed E-state index contributed by atoms with van der Waals surface area (Å²) in [5.41, 5.74) is 0.833. The van der Waals surface area contributed by atoms with Crippen LogP contribution in [0.25, 0.3) is 0 Å². The predicted octanol–water partition coefficient (Wildman–Crippen LogP) is 3.70. The minimum Gasteiger partial charge on any atom is -0.439 e. The number of piperazine rings is 1. The minimum atomic E-state index is -0.350. The number of ether oxygens (including phenoxy) is 1. The van der Waals surface area contributed by atoms with E-state index in [4.69, 9.17) is 9.73 Å². The second-order valence-corrected chi connectivity index (χ2v) is 7.36. The fourth-order valence-corrected chi connectivity index (χ4v) is 3.55. The minimum absolute atomic E-state index is 0.350. The summed E-state index contributed by atoms with van der Waals surface area (Å²) in [4.78, 5) is 18.1. The van der Waals surface area contributed by atoms with Gasteiger partial charge in [-0.05, 0) is 37.3 Å². The van der Waals surface area contributed by atoms with Crippen LogP contribution in [0.4, 0.5) is 10.2 Å². The van der Waals surface area contributed by atoms with Gasteiger partial charge in [0.2, 0.25) is 5.88 Å². The molecule has 0 saturated carbocycles. The van der Waals surface area contributed by atoms with Crippen LogP contribution in [0.15, 0.2) is 72.0 Å². The van der Waals surface area contributed by atoms with Crippen molar-refractivity contribution in [2.24, 2.45) is 4.99 Å².